The Morgan fingerprint density at radius 3 is 2.71 bits per heavy atom. The summed E-state index contributed by atoms with van der Waals surface area (Å²) >= 11 is 0. The third kappa shape index (κ3) is 3.14. The van der Waals surface area contributed by atoms with Crippen LogP contribution in [0.25, 0.3) is 0 Å². The Kier molecular flexibility index (Phi) is 3.75. The Labute approximate surface area is 122 Å². The molecule has 2 aromatic rings. The first-order valence-electron chi connectivity index (χ1n) is 6.72. The number of rotatable bonds is 4. The molecule has 0 aliphatic carbocycles. The van der Waals surface area contributed by atoms with Crippen LogP contribution in [-0.4, -0.2) is 18.7 Å². The number of carbonyl (C=O) groups is 1. The lowest BCUT2D eigenvalue weighted by atomic mass is 10.1. The van der Waals surface area contributed by atoms with Gasteiger partial charge in [-0.15, -0.1) is 0 Å². The van der Waals surface area contributed by atoms with Gasteiger partial charge in [-0.2, -0.15) is 0 Å². The van der Waals surface area contributed by atoms with Gasteiger partial charge >= 0.3 is 0 Å². The molecule has 2 aromatic carbocycles. The van der Waals surface area contributed by atoms with Gasteiger partial charge in [0.2, 0.25) is 12.7 Å². The maximum atomic E-state index is 12.1. The molecule has 0 saturated heterocycles. The molecular weight excluding hydrogens is 268 g/mol. The minimum Gasteiger partial charge on any atom is -0.454 e. The Hall–Kier alpha value is -2.53. The van der Waals surface area contributed by atoms with E-state index in [0.29, 0.717) is 23.6 Å². The number of benzene rings is 2. The third-order valence-electron chi connectivity index (χ3n) is 3.28. The van der Waals surface area contributed by atoms with Crippen LogP contribution in [0.3, 0.4) is 0 Å². The van der Waals surface area contributed by atoms with E-state index in [-0.39, 0.29) is 12.7 Å². The van der Waals surface area contributed by atoms with Gasteiger partial charge in [-0.05, 0) is 24.1 Å². The van der Waals surface area contributed by atoms with Crippen LogP contribution in [0.2, 0.25) is 0 Å². The first-order valence-corrected chi connectivity index (χ1v) is 6.72. The summed E-state index contributed by atoms with van der Waals surface area (Å²) in [6.07, 6.45) is 0.497. The second-order valence-corrected chi connectivity index (χ2v) is 4.85. The molecule has 3 rings (SSSR count). The van der Waals surface area contributed by atoms with Crippen molar-refractivity contribution in [1.82, 2.24) is 0 Å². The maximum absolute atomic E-state index is 12.1. The molecule has 0 radical (unpaired) electrons. The number of carbonyl (C=O) groups excluding carboxylic acids is 1. The van der Waals surface area contributed by atoms with Gasteiger partial charge in [0, 0.05) is 11.8 Å². The standard InChI is InChI=1S/C16H16N2O3/c17-13(8-11-4-2-1-3-5-11)16(19)18-12-6-7-14-15(9-12)21-10-20-14/h1-7,9,13H,8,10,17H2,(H,18,19)/t13-/m1/s1. The minimum absolute atomic E-state index is 0.209. The molecule has 0 fully saturated rings. The predicted molar refractivity (Wildman–Crippen MR) is 79.3 cm³/mol. The van der Waals surface area contributed by atoms with Crippen LogP contribution in [0.4, 0.5) is 5.69 Å². The van der Waals surface area contributed by atoms with E-state index in [1.54, 1.807) is 18.2 Å². The number of nitrogens with two attached hydrogens (primary N) is 1. The molecule has 0 aromatic heterocycles. The first-order chi connectivity index (χ1) is 10.2. The van der Waals surface area contributed by atoms with Crippen molar-refractivity contribution >= 4 is 11.6 Å². The van der Waals surface area contributed by atoms with Crippen molar-refractivity contribution < 1.29 is 14.3 Å². The summed E-state index contributed by atoms with van der Waals surface area (Å²) in [6.45, 7) is 0.209. The summed E-state index contributed by atoms with van der Waals surface area (Å²) in [5, 5.41) is 2.79. The van der Waals surface area contributed by atoms with Crippen molar-refractivity contribution in [3.63, 3.8) is 0 Å². The number of fused-ring (bicyclic) bond motifs is 1. The third-order valence-corrected chi connectivity index (χ3v) is 3.28. The monoisotopic (exact) mass is 284 g/mol. The molecule has 0 unspecified atom stereocenters. The molecule has 5 heteroatoms. The van der Waals surface area contributed by atoms with Crippen LogP contribution >= 0.6 is 0 Å². The quantitative estimate of drug-likeness (QED) is 0.899. The molecular formula is C16H16N2O3. The number of hydrogen-bond acceptors (Lipinski definition) is 4. The summed E-state index contributed by atoms with van der Waals surface area (Å²) in [4.78, 5) is 12.1. The zero-order valence-corrected chi connectivity index (χ0v) is 11.4. The number of hydrogen-bond donors (Lipinski definition) is 2. The van der Waals surface area contributed by atoms with Gasteiger partial charge < -0.3 is 20.5 Å². The molecule has 1 amide bonds. The van der Waals surface area contributed by atoms with Crippen molar-refractivity contribution in [2.24, 2.45) is 5.73 Å². The molecule has 1 aliphatic heterocycles. The van der Waals surface area contributed by atoms with Crippen LogP contribution in [0, 0.1) is 0 Å². The molecule has 1 heterocycles. The molecule has 3 N–H and O–H groups in total. The summed E-state index contributed by atoms with van der Waals surface area (Å²) < 4.78 is 10.5. The lowest BCUT2D eigenvalue weighted by Crippen LogP contribution is -2.37. The normalized spacial score (nSPS) is 13.8. The van der Waals surface area contributed by atoms with Crippen molar-refractivity contribution in [3.05, 3.63) is 54.1 Å². The van der Waals surface area contributed by atoms with Crippen LogP contribution in [0.5, 0.6) is 11.5 Å². The number of anilines is 1. The van der Waals surface area contributed by atoms with Gasteiger partial charge in [-0.1, -0.05) is 30.3 Å². The fraction of sp³-hybridized carbons (Fsp3) is 0.188. The van der Waals surface area contributed by atoms with E-state index >= 15 is 0 Å². The van der Waals surface area contributed by atoms with Crippen LogP contribution in [-0.2, 0) is 11.2 Å². The van der Waals surface area contributed by atoms with E-state index in [0.717, 1.165) is 5.56 Å². The average Bonchev–Trinajstić information content (AvgIpc) is 2.95. The SMILES string of the molecule is N[C@H](Cc1ccccc1)C(=O)Nc1ccc2c(c1)OCO2. The zero-order valence-electron chi connectivity index (χ0n) is 11.4. The second-order valence-electron chi connectivity index (χ2n) is 4.85. The van der Waals surface area contributed by atoms with Crippen molar-refractivity contribution in [2.45, 2.75) is 12.5 Å². The van der Waals surface area contributed by atoms with Crippen molar-refractivity contribution in [2.75, 3.05) is 12.1 Å². The largest absolute Gasteiger partial charge is 0.454 e. The van der Waals surface area contributed by atoms with E-state index in [2.05, 4.69) is 5.32 Å². The van der Waals surface area contributed by atoms with Crippen LogP contribution < -0.4 is 20.5 Å². The summed E-state index contributed by atoms with van der Waals surface area (Å²) in [6, 6.07) is 14.4. The van der Waals surface area contributed by atoms with E-state index < -0.39 is 6.04 Å². The topological polar surface area (TPSA) is 73.6 Å². The lowest BCUT2D eigenvalue weighted by Gasteiger charge is -2.12. The van der Waals surface area contributed by atoms with Crippen molar-refractivity contribution in [3.8, 4) is 11.5 Å². The Bertz CT molecular complexity index is 643. The second kappa shape index (κ2) is 5.85. The Balaban J connectivity index is 1.63. The summed E-state index contributed by atoms with van der Waals surface area (Å²) in [7, 11) is 0. The molecule has 5 nitrogen and oxygen atoms in total. The molecule has 0 spiro atoms. The highest BCUT2D eigenvalue weighted by Crippen LogP contribution is 2.34. The summed E-state index contributed by atoms with van der Waals surface area (Å²) in [5.74, 6) is 1.09. The molecule has 0 saturated carbocycles. The van der Waals surface area contributed by atoms with Crippen LogP contribution in [0.1, 0.15) is 5.56 Å². The molecule has 1 atom stereocenters. The molecule has 0 bridgehead atoms. The van der Waals surface area contributed by atoms with E-state index in [4.69, 9.17) is 15.2 Å². The predicted octanol–water partition coefficient (Wildman–Crippen LogP) is 1.92. The highest BCUT2D eigenvalue weighted by molar-refractivity contribution is 5.95. The van der Waals surface area contributed by atoms with Gasteiger partial charge in [-0.3, -0.25) is 4.79 Å². The Morgan fingerprint density at radius 1 is 1.14 bits per heavy atom. The number of amides is 1. The van der Waals surface area contributed by atoms with E-state index in [9.17, 15) is 4.79 Å². The maximum Gasteiger partial charge on any atom is 0.241 e. The van der Waals surface area contributed by atoms with Crippen molar-refractivity contribution in [1.29, 1.82) is 0 Å². The fourth-order valence-electron chi connectivity index (χ4n) is 2.17. The van der Waals surface area contributed by atoms with Gasteiger partial charge in [0.15, 0.2) is 11.5 Å². The zero-order chi connectivity index (χ0) is 14.7. The molecule has 21 heavy (non-hydrogen) atoms. The van der Waals surface area contributed by atoms with Gasteiger partial charge in [0.25, 0.3) is 0 Å². The van der Waals surface area contributed by atoms with Gasteiger partial charge in [-0.25, -0.2) is 0 Å². The molecule has 108 valence electrons. The van der Waals surface area contributed by atoms with E-state index in [1.165, 1.54) is 0 Å². The van der Waals surface area contributed by atoms with E-state index in [1.807, 2.05) is 30.3 Å². The van der Waals surface area contributed by atoms with Gasteiger partial charge in [0.05, 0.1) is 6.04 Å². The first kappa shape index (κ1) is 13.5. The average molecular weight is 284 g/mol. The summed E-state index contributed by atoms with van der Waals surface area (Å²) in [5.41, 5.74) is 7.62. The smallest absolute Gasteiger partial charge is 0.241 e. The lowest BCUT2D eigenvalue weighted by molar-refractivity contribution is -0.117. The number of ether oxygens (including phenoxy) is 2. The highest BCUT2D eigenvalue weighted by atomic mass is 16.7. The number of nitrogens with one attached hydrogen (secondary N) is 1. The van der Waals surface area contributed by atoms with Crippen LogP contribution in [0.15, 0.2) is 48.5 Å². The Morgan fingerprint density at radius 2 is 1.90 bits per heavy atom. The fourth-order valence-corrected chi connectivity index (χ4v) is 2.17. The highest BCUT2D eigenvalue weighted by Gasteiger charge is 2.17. The van der Waals surface area contributed by atoms with Gasteiger partial charge in [0.1, 0.15) is 0 Å². The minimum atomic E-state index is -0.599. The molecule has 1 aliphatic rings.